The predicted molar refractivity (Wildman–Crippen MR) is 95.6 cm³/mol. The van der Waals surface area contributed by atoms with Crippen molar-refractivity contribution in [1.29, 1.82) is 0 Å². The Labute approximate surface area is 149 Å². The van der Waals surface area contributed by atoms with Crippen LogP contribution in [-0.2, 0) is 11.2 Å². The Morgan fingerprint density at radius 2 is 1.88 bits per heavy atom. The minimum absolute atomic E-state index is 0.254. The fourth-order valence-corrected chi connectivity index (χ4v) is 3.12. The molecule has 1 aromatic rings. The van der Waals surface area contributed by atoms with E-state index in [9.17, 15) is 9.59 Å². The van der Waals surface area contributed by atoms with Gasteiger partial charge < -0.3 is 19.8 Å². The maximum Gasteiger partial charge on any atom is 0.408 e. The van der Waals surface area contributed by atoms with Gasteiger partial charge in [0.15, 0.2) is 5.76 Å². The number of ether oxygens (including phenoxy) is 1. The number of furan rings is 1. The van der Waals surface area contributed by atoms with Crippen LogP contribution in [0.25, 0.3) is 0 Å². The van der Waals surface area contributed by atoms with Gasteiger partial charge in [-0.3, -0.25) is 4.79 Å². The van der Waals surface area contributed by atoms with E-state index in [4.69, 9.17) is 9.15 Å². The monoisotopic (exact) mass is 350 g/mol. The largest absolute Gasteiger partial charge is 0.456 e. The van der Waals surface area contributed by atoms with Gasteiger partial charge in [0.1, 0.15) is 11.4 Å². The number of aryl methyl sites for hydroxylation is 1. The second kappa shape index (κ2) is 7.93. The molecule has 0 aliphatic heterocycles. The molecule has 1 aliphatic rings. The molecule has 2 rings (SSSR count). The highest BCUT2D eigenvalue weighted by Crippen LogP contribution is 2.28. The average Bonchev–Trinajstić information content (AvgIpc) is 3.01. The molecule has 2 N–H and O–H groups in total. The van der Waals surface area contributed by atoms with E-state index in [2.05, 4.69) is 10.6 Å². The summed E-state index contributed by atoms with van der Waals surface area (Å²) in [7, 11) is 0. The third-order valence-corrected chi connectivity index (χ3v) is 4.40. The van der Waals surface area contributed by atoms with E-state index in [1.54, 1.807) is 6.07 Å². The third-order valence-electron chi connectivity index (χ3n) is 4.40. The SMILES string of the molecule is CCc1ccc(C(=O)NCC2(NC(=O)OC(C)(C)C)CCCCC2)o1. The zero-order valence-corrected chi connectivity index (χ0v) is 15.7. The minimum Gasteiger partial charge on any atom is -0.456 e. The first kappa shape index (κ1) is 19.3. The Hall–Kier alpha value is -1.98. The molecule has 0 saturated heterocycles. The van der Waals surface area contributed by atoms with Crippen LogP contribution in [0.15, 0.2) is 16.5 Å². The molecule has 25 heavy (non-hydrogen) atoms. The molecule has 1 aromatic heterocycles. The highest BCUT2D eigenvalue weighted by molar-refractivity contribution is 5.91. The summed E-state index contributed by atoms with van der Waals surface area (Å²) in [5, 5.41) is 5.92. The van der Waals surface area contributed by atoms with Crippen molar-refractivity contribution in [1.82, 2.24) is 10.6 Å². The van der Waals surface area contributed by atoms with Gasteiger partial charge in [0.25, 0.3) is 5.91 Å². The van der Waals surface area contributed by atoms with E-state index >= 15 is 0 Å². The van der Waals surface area contributed by atoms with Gasteiger partial charge in [-0.2, -0.15) is 0 Å². The van der Waals surface area contributed by atoms with E-state index in [0.29, 0.717) is 12.3 Å². The van der Waals surface area contributed by atoms with Gasteiger partial charge in [0.05, 0.1) is 5.54 Å². The summed E-state index contributed by atoms with van der Waals surface area (Å²) in [5.41, 5.74) is -1.01. The van der Waals surface area contributed by atoms with Crippen LogP contribution in [0.1, 0.15) is 76.1 Å². The van der Waals surface area contributed by atoms with Crippen molar-refractivity contribution in [3.05, 3.63) is 23.7 Å². The average molecular weight is 350 g/mol. The molecule has 2 amide bonds. The molecule has 6 heteroatoms. The Morgan fingerprint density at radius 3 is 2.44 bits per heavy atom. The van der Waals surface area contributed by atoms with Crippen molar-refractivity contribution < 1.29 is 18.7 Å². The van der Waals surface area contributed by atoms with Crippen LogP contribution in [0.2, 0.25) is 0 Å². The number of carbonyl (C=O) groups is 2. The lowest BCUT2D eigenvalue weighted by molar-refractivity contribution is 0.0419. The number of carbonyl (C=O) groups excluding carboxylic acids is 2. The lowest BCUT2D eigenvalue weighted by Crippen LogP contribution is -2.57. The molecule has 1 fully saturated rings. The smallest absolute Gasteiger partial charge is 0.408 e. The molecule has 0 spiro atoms. The first-order valence-electron chi connectivity index (χ1n) is 9.11. The van der Waals surface area contributed by atoms with Crippen LogP contribution in [0.5, 0.6) is 0 Å². The quantitative estimate of drug-likeness (QED) is 0.846. The van der Waals surface area contributed by atoms with Crippen LogP contribution in [0.4, 0.5) is 4.79 Å². The van der Waals surface area contributed by atoms with Crippen molar-refractivity contribution in [2.24, 2.45) is 0 Å². The van der Waals surface area contributed by atoms with Gasteiger partial charge in [0, 0.05) is 13.0 Å². The highest BCUT2D eigenvalue weighted by atomic mass is 16.6. The van der Waals surface area contributed by atoms with Crippen molar-refractivity contribution in [3.63, 3.8) is 0 Å². The summed E-state index contributed by atoms with van der Waals surface area (Å²) in [6.07, 6.45) is 5.14. The number of amides is 2. The summed E-state index contributed by atoms with van der Waals surface area (Å²) < 4.78 is 10.9. The third kappa shape index (κ3) is 5.80. The first-order chi connectivity index (χ1) is 11.7. The van der Waals surface area contributed by atoms with Gasteiger partial charge in [-0.15, -0.1) is 0 Å². The molecule has 0 aromatic carbocycles. The van der Waals surface area contributed by atoms with Crippen molar-refractivity contribution in [2.45, 2.75) is 77.4 Å². The summed E-state index contributed by atoms with van der Waals surface area (Å²) in [6, 6.07) is 3.49. The van der Waals surface area contributed by atoms with Crippen molar-refractivity contribution >= 4 is 12.0 Å². The lowest BCUT2D eigenvalue weighted by atomic mass is 9.81. The molecule has 0 bridgehead atoms. The number of hydrogen-bond donors (Lipinski definition) is 2. The topological polar surface area (TPSA) is 80.6 Å². The normalized spacial score (nSPS) is 17.0. The second-order valence-corrected chi connectivity index (χ2v) is 7.77. The summed E-state index contributed by atoms with van der Waals surface area (Å²) in [6.45, 7) is 7.86. The summed E-state index contributed by atoms with van der Waals surface area (Å²) in [4.78, 5) is 24.5. The molecule has 1 heterocycles. The van der Waals surface area contributed by atoms with E-state index in [1.165, 1.54) is 0 Å². The maximum absolute atomic E-state index is 12.3. The molecule has 1 aliphatic carbocycles. The molecule has 140 valence electrons. The van der Waals surface area contributed by atoms with E-state index in [1.807, 2.05) is 33.8 Å². The van der Waals surface area contributed by atoms with Gasteiger partial charge in [-0.25, -0.2) is 4.79 Å². The van der Waals surface area contributed by atoms with E-state index in [-0.39, 0.29) is 5.91 Å². The molecule has 0 radical (unpaired) electrons. The Morgan fingerprint density at radius 1 is 1.20 bits per heavy atom. The number of alkyl carbamates (subject to hydrolysis) is 1. The molecular weight excluding hydrogens is 320 g/mol. The van der Waals surface area contributed by atoms with E-state index < -0.39 is 17.2 Å². The standard InChI is InChI=1S/C19H30N2O4/c1-5-14-9-10-15(24-14)16(22)20-13-19(11-7-6-8-12-19)21-17(23)25-18(2,3)4/h9-10H,5-8,11-13H2,1-4H3,(H,20,22)(H,21,23). The number of hydrogen-bond acceptors (Lipinski definition) is 4. The maximum atomic E-state index is 12.3. The zero-order chi connectivity index (χ0) is 18.5. The fraction of sp³-hybridized carbons (Fsp3) is 0.684. The van der Waals surface area contributed by atoms with Crippen LogP contribution in [0, 0.1) is 0 Å². The van der Waals surface area contributed by atoms with Gasteiger partial charge in [-0.05, 0) is 45.7 Å². The van der Waals surface area contributed by atoms with Crippen molar-refractivity contribution in [3.8, 4) is 0 Å². The number of rotatable bonds is 5. The Balaban J connectivity index is 1.99. The van der Waals surface area contributed by atoms with Gasteiger partial charge in [0.2, 0.25) is 0 Å². The van der Waals surface area contributed by atoms with Crippen LogP contribution < -0.4 is 10.6 Å². The minimum atomic E-state index is -0.548. The van der Waals surface area contributed by atoms with E-state index in [0.717, 1.165) is 44.3 Å². The first-order valence-corrected chi connectivity index (χ1v) is 9.11. The zero-order valence-electron chi connectivity index (χ0n) is 15.7. The molecule has 0 unspecified atom stereocenters. The van der Waals surface area contributed by atoms with Crippen LogP contribution >= 0.6 is 0 Å². The Kier molecular flexibility index (Phi) is 6.14. The summed E-state index contributed by atoms with van der Waals surface area (Å²) in [5.74, 6) is 0.833. The molecule has 6 nitrogen and oxygen atoms in total. The number of nitrogens with one attached hydrogen (secondary N) is 2. The van der Waals surface area contributed by atoms with Gasteiger partial charge in [-0.1, -0.05) is 26.2 Å². The van der Waals surface area contributed by atoms with Crippen molar-refractivity contribution in [2.75, 3.05) is 6.54 Å². The summed E-state index contributed by atoms with van der Waals surface area (Å²) >= 11 is 0. The lowest BCUT2D eigenvalue weighted by Gasteiger charge is -2.38. The van der Waals surface area contributed by atoms with Gasteiger partial charge >= 0.3 is 6.09 Å². The molecule has 0 atom stereocenters. The highest BCUT2D eigenvalue weighted by Gasteiger charge is 2.35. The Bertz CT molecular complexity index is 595. The molecule has 1 saturated carbocycles. The second-order valence-electron chi connectivity index (χ2n) is 7.77. The fourth-order valence-electron chi connectivity index (χ4n) is 3.12. The van der Waals surface area contributed by atoms with Crippen LogP contribution in [-0.4, -0.2) is 29.7 Å². The van der Waals surface area contributed by atoms with Crippen LogP contribution in [0.3, 0.4) is 0 Å². The predicted octanol–water partition coefficient (Wildman–Crippen LogP) is 3.80. The molecular formula is C19H30N2O4.